The van der Waals surface area contributed by atoms with Crippen LogP contribution in [-0.2, 0) is 6.18 Å². The summed E-state index contributed by atoms with van der Waals surface area (Å²) in [6, 6.07) is 2.83. The molecule has 0 bridgehead atoms. The first-order chi connectivity index (χ1) is 8.02. The minimum absolute atomic E-state index is 0.137. The van der Waals surface area contributed by atoms with Gasteiger partial charge in [-0.25, -0.2) is 0 Å². The van der Waals surface area contributed by atoms with Crippen molar-refractivity contribution in [1.29, 1.82) is 0 Å². The Morgan fingerprint density at radius 2 is 2.24 bits per heavy atom. The normalized spacial score (nSPS) is 20.9. The molecular weight excluding hydrogens is 231 g/mol. The summed E-state index contributed by atoms with van der Waals surface area (Å²) in [6.07, 6.45) is -1.30. The molecule has 1 aromatic heterocycles. The Kier molecular flexibility index (Phi) is 3.24. The van der Waals surface area contributed by atoms with Gasteiger partial charge in [-0.3, -0.25) is 4.98 Å². The number of halogens is 3. The van der Waals surface area contributed by atoms with Crippen molar-refractivity contribution < 1.29 is 13.2 Å². The Bertz CT molecular complexity index is 392. The standard InChI is InChI=1S/C11H14F3N3/c12-11(13,14)10-6-8(3-4-16-10)17-5-1-2-9(17)7-15/h3-4,6,9H,1-2,5,7,15H2. The molecule has 2 heterocycles. The highest BCUT2D eigenvalue weighted by atomic mass is 19.4. The van der Waals surface area contributed by atoms with E-state index in [-0.39, 0.29) is 6.04 Å². The van der Waals surface area contributed by atoms with Crippen molar-refractivity contribution in [1.82, 2.24) is 4.98 Å². The summed E-state index contributed by atoms with van der Waals surface area (Å²) in [6.45, 7) is 1.22. The molecule has 6 heteroatoms. The van der Waals surface area contributed by atoms with E-state index in [0.29, 0.717) is 12.2 Å². The van der Waals surface area contributed by atoms with Crippen molar-refractivity contribution in [2.45, 2.75) is 25.1 Å². The number of nitrogens with zero attached hydrogens (tertiary/aromatic N) is 2. The van der Waals surface area contributed by atoms with Gasteiger partial charge in [0, 0.05) is 31.0 Å². The molecule has 0 aliphatic carbocycles. The zero-order valence-electron chi connectivity index (χ0n) is 9.24. The van der Waals surface area contributed by atoms with Gasteiger partial charge in [0.15, 0.2) is 0 Å². The lowest BCUT2D eigenvalue weighted by molar-refractivity contribution is -0.141. The lowest BCUT2D eigenvalue weighted by atomic mass is 10.2. The summed E-state index contributed by atoms with van der Waals surface area (Å²) in [4.78, 5) is 5.28. The monoisotopic (exact) mass is 245 g/mol. The fraction of sp³-hybridized carbons (Fsp3) is 0.545. The van der Waals surface area contributed by atoms with Crippen molar-refractivity contribution in [3.05, 3.63) is 24.0 Å². The van der Waals surface area contributed by atoms with E-state index in [2.05, 4.69) is 4.98 Å². The molecule has 1 fully saturated rings. The first kappa shape index (κ1) is 12.2. The maximum absolute atomic E-state index is 12.5. The van der Waals surface area contributed by atoms with Crippen LogP contribution < -0.4 is 10.6 Å². The Hall–Kier alpha value is -1.30. The molecule has 17 heavy (non-hydrogen) atoms. The Morgan fingerprint density at radius 3 is 2.88 bits per heavy atom. The van der Waals surface area contributed by atoms with Crippen LogP contribution in [0, 0.1) is 0 Å². The van der Waals surface area contributed by atoms with E-state index in [4.69, 9.17) is 5.73 Å². The average molecular weight is 245 g/mol. The molecule has 2 N–H and O–H groups in total. The zero-order valence-corrected chi connectivity index (χ0v) is 9.24. The number of anilines is 1. The topological polar surface area (TPSA) is 42.1 Å². The predicted molar refractivity (Wildman–Crippen MR) is 58.7 cm³/mol. The molecule has 1 unspecified atom stereocenters. The molecule has 94 valence electrons. The highest BCUT2D eigenvalue weighted by Gasteiger charge is 2.33. The smallest absolute Gasteiger partial charge is 0.367 e. The van der Waals surface area contributed by atoms with Crippen molar-refractivity contribution in [2.75, 3.05) is 18.0 Å². The third-order valence-electron chi connectivity index (χ3n) is 3.01. The van der Waals surface area contributed by atoms with Crippen LogP contribution in [-0.4, -0.2) is 24.1 Å². The second-order valence-corrected chi connectivity index (χ2v) is 4.12. The van der Waals surface area contributed by atoms with Crippen molar-refractivity contribution >= 4 is 5.69 Å². The number of rotatable bonds is 2. The summed E-state index contributed by atoms with van der Waals surface area (Å²) >= 11 is 0. The molecule has 3 nitrogen and oxygen atoms in total. The maximum Gasteiger partial charge on any atom is 0.433 e. The van der Waals surface area contributed by atoms with Gasteiger partial charge in [-0.15, -0.1) is 0 Å². The molecule has 0 amide bonds. The van der Waals surface area contributed by atoms with E-state index in [1.165, 1.54) is 6.20 Å². The van der Waals surface area contributed by atoms with Crippen LogP contribution in [0.4, 0.5) is 18.9 Å². The van der Waals surface area contributed by atoms with Gasteiger partial charge in [-0.2, -0.15) is 13.2 Å². The predicted octanol–water partition coefficient (Wildman–Crippen LogP) is 2.03. The third-order valence-corrected chi connectivity index (χ3v) is 3.01. The molecule has 0 saturated carbocycles. The number of pyridine rings is 1. The first-order valence-corrected chi connectivity index (χ1v) is 5.52. The number of aromatic nitrogens is 1. The molecule has 1 aliphatic heterocycles. The molecule has 1 atom stereocenters. The Balaban J connectivity index is 2.27. The Morgan fingerprint density at radius 1 is 1.47 bits per heavy atom. The van der Waals surface area contributed by atoms with Gasteiger partial charge in [0.05, 0.1) is 0 Å². The molecule has 1 saturated heterocycles. The van der Waals surface area contributed by atoms with Crippen LogP contribution in [0.15, 0.2) is 18.3 Å². The number of alkyl halides is 3. The molecule has 1 aromatic rings. The fourth-order valence-electron chi connectivity index (χ4n) is 2.17. The Labute approximate surface area is 97.4 Å². The van der Waals surface area contributed by atoms with Gasteiger partial charge in [-0.05, 0) is 25.0 Å². The van der Waals surface area contributed by atoms with E-state index in [1.54, 1.807) is 6.07 Å². The van der Waals surface area contributed by atoms with Crippen LogP contribution in [0.25, 0.3) is 0 Å². The summed E-state index contributed by atoms with van der Waals surface area (Å²) in [5.41, 5.74) is 5.31. The number of nitrogens with two attached hydrogens (primary N) is 1. The highest BCUT2D eigenvalue weighted by molar-refractivity contribution is 5.49. The van der Waals surface area contributed by atoms with Gasteiger partial charge in [0.1, 0.15) is 5.69 Å². The lowest BCUT2D eigenvalue weighted by Gasteiger charge is -2.26. The largest absolute Gasteiger partial charge is 0.433 e. The van der Waals surface area contributed by atoms with Crippen molar-refractivity contribution in [3.63, 3.8) is 0 Å². The van der Waals surface area contributed by atoms with E-state index < -0.39 is 11.9 Å². The minimum Gasteiger partial charge on any atom is -0.367 e. The average Bonchev–Trinajstić information content (AvgIpc) is 2.76. The summed E-state index contributed by atoms with van der Waals surface area (Å²) < 4.78 is 37.6. The van der Waals surface area contributed by atoms with Crippen molar-refractivity contribution in [3.8, 4) is 0 Å². The molecule has 2 rings (SSSR count). The van der Waals surface area contributed by atoms with E-state index in [0.717, 1.165) is 25.5 Å². The molecule has 1 aliphatic rings. The fourth-order valence-corrected chi connectivity index (χ4v) is 2.17. The summed E-state index contributed by atoms with van der Waals surface area (Å²) in [5, 5.41) is 0. The first-order valence-electron chi connectivity index (χ1n) is 5.52. The molecule has 0 radical (unpaired) electrons. The van der Waals surface area contributed by atoms with Crippen LogP contribution in [0.3, 0.4) is 0 Å². The quantitative estimate of drug-likeness (QED) is 0.866. The second kappa shape index (κ2) is 4.52. The highest BCUT2D eigenvalue weighted by Crippen LogP contribution is 2.31. The van der Waals surface area contributed by atoms with Crippen LogP contribution in [0.5, 0.6) is 0 Å². The van der Waals surface area contributed by atoms with Gasteiger partial charge in [0.25, 0.3) is 0 Å². The number of hydrogen-bond acceptors (Lipinski definition) is 3. The SMILES string of the molecule is NCC1CCCN1c1ccnc(C(F)(F)F)c1. The lowest BCUT2D eigenvalue weighted by Crippen LogP contribution is -2.35. The maximum atomic E-state index is 12.5. The third kappa shape index (κ3) is 2.52. The van der Waals surface area contributed by atoms with Gasteiger partial charge in [0.2, 0.25) is 0 Å². The van der Waals surface area contributed by atoms with E-state index in [9.17, 15) is 13.2 Å². The molecule has 0 aromatic carbocycles. The molecule has 0 spiro atoms. The van der Waals surface area contributed by atoms with Gasteiger partial charge in [-0.1, -0.05) is 0 Å². The second-order valence-electron chi connectivity index (χ2n) is 4.12. The van der Waals surface area contributed by atoms with Gasteiger partial charge >= 0.3 is 6.18 Å². The van der Waals surface area contributed by atoms with Gasteiger partial charge < -0.3 is 10.6 Å². The van der Waals surface area contributed by atoms with Crippen molar-refractivity contribution in [2.24, 2.45) is 5.73 Å². The summed E-state index contributed by atoms with van der Waals surface area (Å²) in [7, 11) is 0. The number of hydrogen-bond donors (Lipinski definition) is 1. The van der Waals surface area contributed by atoms with Crippen LogP contribution in [0.2, 0.25) is 0 Å². The zero-order chi connectivity index (χ0) is 12.5. The van der Waals surface area contributed by atoms with E-state index in [1.807, 2.05) is 4.90 Å². The van der Waals surface area contributed by atoms with Crippen LogP contribution in [0.1, 0.15) is 18.5 Å². The molecular formula is C11H14F3N3. The van der Waals surface area contributed by atoms with E-state index >= 15 is 0 Å². The summed E-state index contributed by atoms with van der Waals surface area (Å²) in [5.74, 6) is 0. The van der Waals surface area contributed by atoms with Crippen LogP contribution >= 0.6 is 0 Å². The minimum atomic E-state index is -4.39.